The summed E-state index contributed by atoms with van der Waals surface area (Å²) in [5, 5.41) is 0. The fourth-order valence-electron chi connectivity index (χ4n) is 2.49. The topological polar surface area (TPSA) is 38.8 Å². The fourth-order valence-corrected chi connectivity index (χ4v) is 2.49. The maximum atomic E-state index is 13.5. The van der Waals surface area contributed by atoms with Crippen LogP contribution in [0.25, 0.3) is 0 Å². The highest BCUT2D eigenvalue weighted by atomic mass is 19.1. The van der Waals surface area contributed by atoms with Gasteiger partial charge in [-0.25, -0.2) is 13.6 Å². The molecule has 1 aliphatic rings. The molecule has 1 aliphatic heterocycles. The van der Waals surface area contributed by atoms with E-state index < -0.39 is 17.2 Å². The summed E-state index contributed by atoms with van der Waals surface area (Å²) < 4.78 is 37.2. The molecule has 4 nitrogen and oxygen atoms in total. The number of amides is 1. The molecule has 1 fully saturated rings. The van der Waals surface area contributed by atoms with Crippen LogP contribution in [-0.2, 0) is 4.74 Å². The van der Waals surface area contributed by atoms with E-state index in [2.05, 4.69) is 0 Å². The Bertz CT molecular complexity index is 557. The first-order valence-electron chi connectivity index (χ1n) is 7.80. The largest absolute Gasteiger partial charge is 0.490 e. The van der Waals surface area contributed by atoms with Crippen LogP contribution in [0.2, 0.25) is 0 Å². The number of piperidine rings is 1. The summed E-state index contributed by atoms with van der Waals surface area (Å²) in [5.74, 6) is -1.23. The molecule has 1 unspecified atom stereocenters. The van der Waals surface area contributed by atoms with Crippen LogP contribution < -0.4 is 4.74 Å². The molecule has 1 atom stereocenters. The number of benzene rings is 1. The highest BCUT2D eigenvalue weighted by Crippen LogP contribution is 2.22. The smallest absolute Gasteiger partial charge is 0.410 e. The average molecular weight is 327 g/mol. The summed E-state index contributed by atoms with van der Waals surface area (Å²) in [5.41, 5.74) is -0.530. The third kappa shape index (κ3) is 5.37. The van der Waals surface area contributed by atoms with E-state index in [4.69, 9.17) is 9.47 Å². The van der Waals surface area contributed by atoms with Crippen LogP contribution in [0.1, 0.15) is 33.6 Å². The van der Waals surface area contributed by atoms with Crippen molar-refractivity contribution in [1.82, 2.24) is 4.90 Å². The van der Waals surface area contributed by atoms with Crippen molar-refractivity contribution >= 4 is 6.09 Å². The lowest BCUT2D eigenvalue weighted by Crippen LogP contribution is -2.44. The van der Waals surface area contributed by atoms with Gasteiger partial charge in [0.1, 0.15) is 11.4 Å². The van der Waals surface area contributed by atoms with Gasteiger partial charge in [-0.2, -0.15) is 0 Å². The van der Waals surface area contributed by atoms with Crippen LogP contribution in [0.4, 0.5) is 13.6 Å². The van der Waals surface area contributed by atoms with Crippen molar-refractivity contribution in [2.45, 2.75) is 39.2 Å². The molecular weight excluding hydrogens is 304 g/mol. The zero-order chi connectivity index (χ0) is 17.0. The van der Waals surface area contributed by atoms with Crippen LogP contribution in [0.15, 0.2) is 18.2 Å². The molecule has 1 saturated heterocycles. The number of hydrogen-bond donors (Lipinski definition) is 0. The van der Waals surface area contributed by atoms with Crippen molar-refractivity contribution in [2.75, 3.05) is 19.7 Å². The Morgan fingerprint density at radius 1 is 1.35 bits per heavy atom. The number of hydrogen-bond acceptors (Lipinski definition) is 3. The quantitative estimate of drug-likeness (QED) is 0.842. The van der Waals surface area contributed by atoms with Crippen LogP contribution in [0.5, 0.6) is 5.75 Å². The Hall–Kier alpha value is -1.85. The second-order valence-electron chi connectivity index (χ2n) is 6.82. The summed E-state index contributed by atoms with van der Waals surface area (Å²) in [6.07, 6.45) is 1.40. The molecule has 1 aromatic carbocycles. The number of rotatable bonds is 3. The van der Waals surface area contributed by atoms with Gasteiger partial charge in [-0.1, -0.05) is 0 Å². The van der Waals surface area contributed by atoms with Gasteiger partial charge in [0.05, 0.1) is 6.61 Å². The second-order valence-corrected chi connectivity index (χ2v) is 6.82. The van der Waals surface area contributed by atoms with Gasteiger partial charge in [-0.15, -0.1) is 0 Å². The maximum Gasteiger partial charge on any atom is 0.410 e. The molecule has 0 bridgehead atoms. The molecule has 0 saturated carbocycles. The van der Waals surface area contributed by atoms with Crippen molar-refractivity contribution in [3.8, 4) is 5.75 Å². The molecule has 128 valence electrons. The molecule has 1 heterocycles. The molecule has 1 aromatic rings. The first-order chi connectivity index (χ1) is 10.7. The third-order valence-corrected chi connectivity index (χ3v) is 3.54. The molecule has 2 rings (SSSR count). The number of ether oxygens (including phenoxy) is 2. The highest BCUT2D eigenvalue weighted by molar-refractivity contribution is 5.68. The summed E-state index contributed by atoms with van der Waals surface area (Å²) >= 11 is 0. The molecule has 1 amide bonds. The van der Waals surface area contributed by atoms with Crippen molar-refractivity contribution in [3.05, 3.63) is 29.8 Å². The van der Waals surface area contributed by atoms with Crippen LogP contribution >= 0.6 is 0 Å². The summed E-state index contributed by atoms with van der Waals surface area (Å²) in [6, 6.07) is 3.23. The van der Waals surface area contributed by atoms with Crippen LogP contribution in [0, 0.1) is 17.6 Å². The number of carbonyl (C=O) groups excluding carboxylic acids is 1. The van der Waals surface area contributed by atoms with Crippen molar-refractivity contribution < 1.29 is 23.0 Å². The van der Waals surface area contributed by atoms with Gasteiger partial charge in [0, 0.05) is 25.1 Å². The fraction of sp³-hybridized carbons (Fsp3) is 0.588. The normalized spacial score (nSPS) is 18.7. The van der Waals surface area contributed by atoms with E-state index in [-0.39, 0.29) is 24.4 Å². The standard InChI is InChI=1S/C17H23F2NO3/c1-17(2,3)23-16(21)20-8-4-5-12(10-20)11-22-15-7-6-13(18)9-14(15)19/h6-7,9,12H,4-5,8,10-11H2,1-3H3. The monoisotopic (exact) mass is 327 g/mol. The van der Waals surface area contributed by atoms with Gasteiger partial charge in [-0.3, -0.25) is 0 Å². The molecule has 0 radical (unpaired) electrons. The van der Waals surface area contributed by atoms with E-state index in [0.29, 0.717) is 13.1 Å². The van der Waals surface area contributed by atoms with E-state index >= 15 is 0 Å². The number of carbonyl (C=O) groups is 1. The van der Waals surface area contributed by atoms with Gasteiger partial charge in [0.25, 0.3) is 0 Å². The minimum Gasteiger partial charge on any atom is -0.490 e. The van der Waals surface area contributed by atoms with E-state index in [9.17, 15) is 13.6 Å². The predicted octanol–water partition coefficient (Wildman–Crippen LogP) is 3.99. The first kappa shape index (κ1) is 17.5. The lowest BCUT2D eigenvalue weighted by atomic mass is 9.99. The molecule has 0 aromatic heterocycles. The number of likely N-dealkylation sites (tertiary alicyclic amines) is 1. The lowest BCUT2D eigenvalue weighted by molar-refractivity contribution is 0.0138. The van der Waals surface area contributed by atoms with Gasteiger partial charge < -0.3 is 14.4 Å². The summed E-state index contributed by atoms with van der Waals surface area (Å²) in [4.78, 5) is 13.7. The molecular formula is C17H23F2NO3. The third-order valence-electron chi connectivity index (χ3n) is 3.54. The molecule has 6 heteroatoms. The molecule has 0 spiro atoms. The van der Waals surface area contributed by atoms with Crippen molar-refractivity contribution in [3.63, 3.8) is 0 Å². The summed E-state index contributed by atoms with van der Waals surface area (Å²) in [7, 11) is 0. The van der Waals surface area contributed by atoms with E-state index in [1.54, 1.807) is 4.90 Å². The Morgan fingerprint density at radius 2 is 2.09 bits per heavy atom. The zero-order valence-electron chi connectivity index (χ0n) is 13.8. The van der Waals surface area contributed by atoms with E-state index in [1.165, 1.54) is 6.07 Å². The lowest BCUT2D eigenvalue weighted by Gasteiger charge is -2.34. The van der Waals surface area contributed by atoms with Gasteiger partial charge in [0.2, 0.25) is 0 Å². The predicted molar refractivity (Wildman–Crippen MR) is 82.4 cm³/mol. The Labute approximate surface area is 135 Å². The maximum absolute atomic E-state index is 13.5. The van der Waals surface area contributed by atoms with Gasteiger partial charge in [-0.05, 0) is 45.7 Å². The number of nitrogens with zero attached hydrogens (tertiary/aromatic N) is 1. The molecule has 0 N–H and O–H groups in total. The average Bonchev–Trinajstić information content (AvgIpc) is 2.45. The van der Waals surface area contributed by atoms with E-state index in [1.807, 2.05) is 20.8 Å². The summed E-state index contributed by atoms with van der Waals surface area (Å²) in [6.45, 7) is 6.92. The van der Waals surface area contributed by atoms with Crippen LogP contribution in [-0.4, -0.2) is 36.3 Å². The SMILES string of the molecule is CC(C)(C)OC(=O)N1CCCC(COc2ccc(F)cc2F)C1. The highest BCUT2D eigenvalue weighted by Gasteiger charge is 2.28. The van der Waals surface area contributed by atoms with Crippen LogP contribution in [0.3, 0.4) is 0 Å². The second kappa shape index (κ2) is 7.15. The Balaban J connectivity index is 1.87. The Morgan fingerprint density at radius 3 is 2.74 bits per heavy atom. The zero-order valence-corrected chi connectivity index (χ0v) is 13.8. The number of halogens is 2. The minimum absolute atomic E-state index is 0.0285. The molecule has 23 heavy (non-hydrogen) atoms. The van der Waals surface area contributed by atoms with Crippen molar-refractivity contribution in [1.29, 1.82) is 0 Å². The molecule has 0 aliphatic carbocycles. The van der Waals surface area contributed by atoms with E-state index in [0.717, 1.165) is 25.0 Å². The Kier molecular flexibility index (Phi) is 5.44. The first-order valence-corrected chi connectivity index (χ1v) is 7.80. The van der Waals surface area contributed by atoms with Gasteiger partial charge in [0.15, 0.2) is 11.6 Å². The minimum atomic E-state index is -0.718. The van der Waals surface area contributed by atoms with Gasteiger partial charge >= 0.3 is 6.09 Å². The van der Waals surface area contributed by atoms with Crippen molar-refractivity contribution in [2.24, 2.45) is 5.92 Å².